The van der Waals surface area contributed by atoms with Crippen molar-refractivity contribution < 1.29 is 4.42 Å². The molecule has 0 unspecified atom stereocenters. The van der Waals surface area contributed by atoms with E-state index < -0.39 is 0 Å². The minimum Gasteiger partial charge on any atom is -0.469 e. The highest BCUT2D eigenvalue weighted by atomic mass is 32.1. The molecule has 0 saturated heterocycles. The zero-order valence-corrected chi connectivity index (χ0v) is 10.6. The van der Waals surface area contributed by atoms with Gasteiger partial charge >= 0.3 is 0 Å². The lowest BCUT2D eigenvalue weighted by atomic mass is 9.97. The fraction of sp³-hybridized carbons (Fsp3) is 0.385. The summed E-state index contributed by atoms with van der Waals surface area (Å²) in [5.74, 6) is 1.71. The second-order valence-electron chi connectivity index (χ2n) is 4.45. The van der Waals surface area contributed by atoms with Crippen molar-refractivity contribution in [2.45, 2.75) is 32.6 Å². The molecule has 0 aliphatic heterocycles. The molecule has 2 heterocycles. The molecule has 4 heteroatoms. The van der Waals surface area contributed by atoms with Gasteiger partial charge in [0.05, 0.1) is 11.8 Å². The maximum absolute atomic E-state index is 5.38. The third kappa shape index (κ3) is 1.82. The predicted molar refractivity (Wildman–Crippen MR) is 68.5 cm³/mol. The van der Waals surface area contributed by atoms with Gasteiger partial charge in [-0.25, -0.2) is 4.98 Å². The fourth-order valence-electron chi connectivity index (χ4n) is 2.38. The number of hydrogen-bond acceptors (Lipinski definition) is 3. The molecule has 0 fully saturated rings. The van der Waals surface area contributed by atoms with Gasteiger partial charge in [0, 0.05) is 11.3 Å². The summed E-state index contributed by atoms with van der Waals surface area (Å²) < 4.78 is 6.05. The number of aromatic nitrogens is 2. The van der Waals surface area contributed by atoms with E-state index in [1.165, 1.54) is 24.1 Å². The molecule has 1 N–H and O–H groups in total. The molecule has 0 amide bonds. The van der Waals surface area contributed by atoms with Gasteiger partial charge < -0.3 is 9.40 Å². The number of rotatable bonds is 1. The van der Waals surface area contributed by atoms with Gasteiger partial charge in [0.15, 0.2) is 0 Å². The van der Waals surface area contributed by atoms with Crippen molar-refractivity contribution in [1.29, 1.82) is 0 Å². The van der Waals surface area contributed by atoms with Crippen LogP contribution in [0.5, 0.6) is 0 Å². The van der Waals surface area contributed by atoms with E-state index >= 15 is 0 Å². The number of nitrogens with one attached hydrogen (secondary N) is 1. The zero-order chi connectivity index (χ0) is 11.8. The normalized spacial score (nSPS) is 14.6. The van der Waals surface area contributed by atoms with E-state index in [0.29, 0.717) is 0 Å². The number of nitrogens with zero attached hydrogens (tertiary/aromatic N) is 1. The monoisotopic (exact) mass is 246 g/mol. The van der Waals surface area contributed by atoms with Crippen molar-refractivity contribution in [2.75, 3.05) is 0 Å². The highest BCUT2D eigenvalue weighted by molar-refractivity contribution is 7.71. The molecule has 0 atom stereocenters. The van der Waals surface area contributed by atoms with E-state index in [0.717, 1.165) is 34.6 Å². The maximum Gasteiger partial charge on any atom is 0.142 e. The van der Waals surface area contributed by atoms with E-state index in [4.69, 9.17) is 16.6 Å². The number of furan rings is 1. The van der Waals surface area contributed by atoms with E-state index in [1.54, 1.807) is 6.26 Å². The smallest absolute Gasteiger partial charge is 0.142 e. The Bertz CT molecular complexity index is 612. The van der Waals surface area contributed by atoms with Crippen molar-refractivity contribution in [3.63, 3.8) is 0 Å². The third-order valence-corrected chi connectivity index (χ3v) is 3.66. The second-order valence-corrected chi connectivity index (χ2v) is 4.83. The van der Waals surface area contributed by atoms with Gasteiger partial charge in [0.25, 0.3) is 0 Å². The van der Waals surface area contributed by atoms with Crippen LogP contribution in [-0.4, -0.2) is 9.97 Å². The van der Waals surface area contributed by atoms with Crippen LogP contribution in [0.3, 0.4) is 0 Å². The molecule has 3 nitrogen and oxygen atoms in total. The van der Waals surface area contributed by atoms with E-state index in [1.807, 2.05) is 13.0 Å². The van der Waals surface area contributed by atoms with Crippen LogP contribution in [0, 0.1) is 11.6 Å². The van der Waals surface area contributed by atoms with Gasteiger partial charge in [-0.1, -0.05) is 12.2 Å². The first-order valence-corrected chi connectivity index (χ1v) is 6.33. The average Bonchev–Trinajstić information content (AvgIpc) is 2.75. The molecule has 3 rings (SSSR count). The number of aromatic amines is 1. The van der Waals surface area contributed by atoms with Crippen LogP contribution in [0.2, 0.25) is 0 Å². The van der Waals surface area contributed by atoms with Crippen LogP contribution in [0.25, 0.3) is 11.4 Å². The molecule has 2 aromatic rings. The Morgan fingerprint density at radius 2 is 2.18 bits per heavy atom. The number of hydrogen-bond donors (Lipinski definition) is 1. The quantitative estimate of drug-likeness (QED) is 0.782. The second kappa shape index (κ2) is 4.11. The summed E-state index contributed by atoms with van der Waals surface area (Å²) >= 11 is 5.38. The van der Waals surface area contributed by atoms with Crippen molar-refractivity contribution in [1.82, 2.24) is 9.97 Å². The predicted octanol–water partition coefficient (Wildman–Crippen LogP) is 3.59. The minimum absolute atomic E-state index is 0.744. The Labute approximate surface area is 105 Å². The van der Waals surface area contributed by atoms with Crippen LogP contribution in [-0.2, 0) is 12.8 Å². The number of H-pyrrole nitrogens is 1. The molecule has 1 aliphatic carbocycles. The lowest BCUT2D eigenvalue weighted by molar-refractivity contribution is 0.535. The van der Waals surface area contributed by atoms with Crippen LogP contribution in [0.4, 0.5) is 0 Å². The average molecular weight is 246 g/mol. The molecular weight excluding hydrogens is 232 g/mol. The van der Waals surface area contributed by atoms with Gasteiger partial charge in [0.2, 0.25) is 0 Å². The molecule has 0 radical (unpaired) electrons. The van der Waals surface area contributed by atoms with Gasteiger partial charge in [-0.15, -0.1) is 0 Å². The Hall–Kier alpha value is -1.42. The van der Waals surface area contributed by atoms with Crippen LogP contribution in [0.15, 0.2) is 16.7 Å². The molecule has 0 aromatic carbocycles. The van der Waals surface area contributed by atoms with Crippen molar-refractivity contribution >= 4 is 12.2 Å². The highest BCUT2D eigenvalue weighted by Crippen LogP contribution is 2.25. The molecule has 2 aromatic heterocycles. The Kier molecular flexibility index (Phi) is 2.59. The summed E-state index contributed by atoms with van der Waals surface area (Å²) in [6.07, 6.45) is 6.26. The van der Waals surface area contributed by atoms with E-state index in [9.17, 15) is 0 Å². The van der Waals surface area contributed by atoms with E-state index in [2.05, 4.69) is 9.97 Å². The highest BCUT2D eigenvalue weighted by Gasteiger charge is 2.15. The largest absolute Gasteiger partial charge is 0.469 e. The summed E-state index contributed by atoms with van der Waals surface area (Å²) in [7, 11) is 0. The first kappa shape index (κ1) is 10.7. The van der Waals surface area contributed by atoms with Crippen molar-refractivity contribution in [3.8, 4) is 11.4 Å². The SMILES string of the molecule is Cc1occc1-c1nc(=S)c2c([nH]1)CCCC2. The standard InChI is InChI=1S/C13H14N2OS/c1-8-9(6-7-16-8)12-14-11-5-3-2-4-10(11)13(17)15-12/h6-7H,2-5H2,1H3,(H,14,15,17). The first-order chi connectivity index (χ1) is 8.25. The summed E-state index contributed by atoms with van der Waals surface area (Å²) in [5, 5.41) is 0. The summed E-state index contributed by atoms with van der Waals surface area (Å²) in [5.41, 5.74) is 3.49. The van der Waals surface area contributed by atoms with Crippen molar-refractivity contribution in [3.05, 3.63) is 34.0 Å². The lowest BCUT2D eigenvalue weighted by Gasteiger charge is -2.16. The van der Waals surface area contributed by atoms with Crippen LogP contribution < -0.4 is 0 Å². The summed E-state index contributed by atoms with van der Waals surface area (Å²) in [4.78, 5) is 7.90. The molecular formula is C13H14N2OS. The topological polar surface area (TPSA) is 41.8 Å². The number of aryl methyl sites for hydroxylation is 2. The third-order valence-electron chi connectivity index (χ3n) is 3.32. The molecule has 0 spiro atoms. The molecule has 1 aliphatic rings. The summed E-state index contributed by atoms with van der Waals surface area (Å²) in [6, 6.07) is 1.93. The number of fused-ring (bicyclic) bond motifs is 1. The van der Waals surface area contributed by atoms with Gasteiger partial charge in [-0.2, -0.15) is 0 Å². The van der Waals surface area contributed by atoms with Crippen LogP contribution >= 0.6 is 12.2 Å². The first-order valence-electron chi connectivity index (χ1n) is 5.92. The van der Waals surface area contributed by atoms with E-state index in [-0.39, 0.29) is 0 Å². The van der Waals surface area contributed by atoms with Gasteiger partial charge in [-0.05, 0) is 38.7 Å². The molecule has 0 bridgehead atoms. The lowest BCUT2D eigenvalue weighted by Crippen LogP contribution is -2.08. The maximum atomic E-state index is 5.38. The van der Waals surface area contributed by atoms with Gasteiger partial charge in [0.1, 0.15) is 16.2 Å². The Balaban J connectivity index is 2.17. The summed E-state index contributed by atoms with van der Waals surface area (Å²) in [6.45, 7) is 1.94. The molecule has 17 heavy (non-hydrogen) atoms. The zero-order valence-electron chi connectivity index (χ0n) is 9.75. The fourth-order valence-corrected chi connectivity index (χ4v) is 2.69. The van der Waals surface area contributed by atoms with Crippen LogP contribution in [0.1, 0.15) is 29.9 Å². The molecule has 88 valence electrons. The molecule has 0 saturated carbocycles. The van der Waals surface area contributed by atoms with Crippen molar-refractivity contribution in [2.24, 2.45) is 0 Å². The Morgan fingerprint density at radius 3 is 2.94 bits per heavy atom. The minimum atomic E-state index is 0.744. The van der Waals surface area contributed by atoms with Gasteiger partial charge in [-0.3, -0.25) is 0 Å². The Morgan fingerprint density at radius 1 is 1.35 bits per heavy atom.